The van der Waals surface area contributed by atoms with Gasteiger partial charge in [0, 0.05) is 5.56 Å². The Morgan fingerprint density at radius 1 is 1.23 bits per heavy atom. The number of nitrogens with zero attached hydrogens (tertiary/aromatic N) is 1. The summed E-state index contributed by atoms with van der Waals surface area (Å²) in [6.45, 7) is 3.70. The quantitative estimate of drug-likeness (QED) is 0.624. The Kier molecular flexibility index (Phi) is 7.11. The second-order valence-electron chi connectivity index (χ2n) is 6.69. The molecule has 144 valence electrons. The third-order valence-electron chi connectivity index (χ3n) is 4.52. The van der Waals surface area contributed by atoms with E-state index < -0.39 is 17.7 Å². The van der Waals surface area contributed by atoms with E-state index in [9.17, 15) is 19.1 Å². The number of aliphatic hydroxyl groups is 1. The molecular formula is C19H27FN2O4. The lowest BCUT2D eigenvalue weighted by Crippen LogP contribution is -2.47. The van der Waals surface area contributed by atoms with Gasteiger partial charge in [0.25, 0.3) is 5.91 Å². The average molecular weight is 366 g/mol. The molecule has 0 radical (unpaired) electrons. The molecule has 0 aromatic heterocycles. The van der Waals surface area contributed by atoms with E-state index in [1.165, 1.54) is 6.07 Å². The van der Waals surface area contributed by atoms with Gasteiger partial charge < -0.3 is 15.2 Å². The molecule has 1 aliphatic rings. The molecular weight excluding hydrogens is 339 g/mol. The molecule has 0 spiro atoms. The fourth-order valence-electron chi connectivity index (χ4n) is 3.34. The topological polar surface area (TPSA) is 78.9 Å². The van der Waals surface area contributed by atoms with Crippen LogP contribution in [0.5, 0.6) is 0 Å². The molecule has 0 bridgehead atoms. The zero-order valence-corrected chi connectivity index (χ0v) is 15.3. The number of halogens is 1. The van der Waals surface area contributed by atoms with Crippen molar-refractivity contribution < 1.29 is 23.8 Å². The molecule has 1 atom stereocenters. The first-order chi connectivity index (χ1) is 12.4. The third kappa shape index (κ3) is 4.59. The first kappa shape index (κ1) is 20.3. The minimum absolute atomic E-state index is 0.0134. The molecule has 0 saturated carbocycles. The molecule has 2 N–H and O–H groups in total. The summed E-state index contributed by atoms with van der Waals surface area (Å²) in [5, 5.41) is 12.9. The van der Waals surface area contributed by atoms with Gasteiger partial charge >= 0.3 is 6.03 Å². The molecule has 1 aromatic carbocycles. The number of β-amino-alcohol motifs (C(OH)–C–C–N with tert-alkyl or cyclic N) is 1. The van der Waals surface area contributed by atoms with Crippen molar-refractivity contribution in [3.8, 4) is 0 Å². The van der Waals surface area contributed by atoms with Crippen LogP contribution in [-0.2, 0) is 16.1 Å². The summed E-state index contributed by atoms with van der Waals surface area (Å²) < 4.78 is 18.9. The van der Waals surface area contributed by atoms with Crippen LogP contribution >= 0.6 is 0 Å². The number of carbonyl (C=O) groups excluding carboxylic acids is 2. The highest BCUT2D eigenvalue weighted by molar-refractivity contribution is 6.07. The van der Waals surface area contributed by atoms with Gasteiger partial charge in [0.15, 0.2) is 0 Å². The molecule has 1 fully saturated rings. The summed E-state index contributed by atoms with van der Waals surface area (Å²) in [5.74, 6) is -0.667. The van der Waals surface area contributed by atoms with Crippen molar-refractivity contribution in [2.75, 3.05) is 13.2 Å². The maximum atomic E-state index is 13.5. The standard InChI is InChI=1S/C19H27FN2O4/c1-3-9-19(10-4-2)17(24)22(18(25)21-19)11-15(23)13-26-12-14-7-5-6-8-16(14)20/h5-8,15,23H,3-4,9-13H2,1-2H3,(H,21,25). The summed E-state index contributed by atoms with van der Waals surface area (Å²) in [6, 6.07) is 5.74. The van der Waals surface area contributed by atoms with Gasteiger partial charge in [-0.05, 0) is 18.9 Å². The summed E-state index contributed by atoms with van der Waals surface area (Å²) in [6.07, 6.45) is 1.65. The normalized spacial score (nSPS) is 17.5. The van der Waals surface area contributed by atoms with Gasteiger partial charge in [-0.2, -0.15) is 0 Å². The smallest absolute Gasteiger partial charge is 0.325 e. The Balaban J connectivity index is 1.89. The number of hydrogen-bond donors (Lipinski definition) is 2. The van der Waals surface area contributed by atoms with Crippen molar-refractivity contribution in [1.82, 2.24) is 10.2 Å². The molecule has 1 saturated heterocycles. The van der Waals surface area contributed by atoms with Crippen LogP contribution in [0.3, 0.4) is 0 Å². The molecule has 1 aliphatic heterocycles. The molecule has 26 heavy (non-hydrogen) atoms. The maximum Gasteiger partial charge on any atom is 0.325 e. The van der Waals surface area contributed by atoms with E-state index in [1.807, 2.05) is 13.8 Å². The number of aliphatic hydroxyl groups excluding tert-OH is 1. The minimum Gasteiger partial charge on any atom is -0.389 e. The summed E-state index contributed by atoms with van der Waals surface area (Å²) in [7, 11) is 0. The number of carbonyl (C=O) groups is 2. The van der Waals surface area contributed by atoms with E-state index >= 15 is 0 Å². The molecule has 1 aromatic rings. The van der Waals surface area contributed by atoms with Crippen molar-refractivity contribution in [3.05, 3.63) is 35.6 Å². The lowest BCUT2D eigenvalue weighted by atomic mass is 9.88. The van der Waals surface area contributed by atoms with Crippen molar-refractivity contribution in [2.24, 2.45) is 0 Å². The number of benzene rings is 1. The monoisotopic (exact) mass is 366 g/mol. The van der Waals surface area contributed by atoms with Crippen LogP contribution in [0.4, 0.5) is 9.18 Å². The van der Waals surface area contributed by atoms with Crippen LogP contribution in [0.2, 0.25) is 0 Å². The van der Waals surface area contributed by atoms with Gasteiger partial charge in [-0.3, -0.25) is 9.69 Å². The Labute approximate surface area is 153 Å². The van der Waals surface area contributed by atoms with E-state index in [0.29, 0.717) is 18.4 Å². The molecule has 1 heterocycles. The fourth-order valence-corrected chi connectivity index (χ4v) is 3.34. The lowest BCUT2D eigenvalue weighted by molar-refractivity contribution is -0.133. The van der Waals surface area contributed by atoms with Gasteiger partial charge in [0.05, 0.1) is 25.9 Å². The van der Waals surface area contributed by atoms with Crippen LogP contribution in [-0.4, -0.2) is 46.7 Å². The van der Waals surface area contributed by atoms with E-state index in [1.54, 1.807) is 18.2 Å². The first-order valence-electron chi connectivity index (χ1n) is 9.06. The summed E-state index contributed by atoms with van der Waals surface area (Å²) in [5.41, 5.74) is -0.478. The lowest BCUT2D eigenvalue weighted by Gasteiger charge is -2.26. The second kappa shape index (κ2) is 9.09. The van der Waals surface area contributed by atoms with Crippen LogP contribution < -0.4 is 5.32 Å². The maximum absolute atomic E-state index is 13.5. The summed E-state index contributed by atoms with van der Waals surface area (Å²) in [4.78, 5) is 26.0. The molecule has 6 nitrogen and oxygen atoms in total. The Morgan fingerprint density at radius 2 is 1.88 bits per heavy atom. The van der Waals surface area contributed by atoms with E-state index in [-0.39, 0.29) is 31.5 Å². The van der Waals surface area contributed by atoms with Gasteiger partial charge in [-0.15, -0.1) is 0 Å². The number of amides is 3. The highest BCUT2D eigenvalue weighted by atomic mass is 19.1. The highest BCUT2D eigenvalue weighted by Crippen LogP contribution is 2.28. The van der Waals surface area contributed by atoms with Crippen molar-refractivity contribution in [2.45, 2.75) is 57.8 Å². The first-order valence-corrected chi connectivity index (χ1v) is 9.06. The Morgan fingerprint density at radius 3 is 2.50 bits per heavy atom. The third-order valence-corrected chi connectivity index (χ3v) is 4.52. The zero-order chi connectivity index (χ0) is 19.2. The number of ether oxygens (including phenoxy) is 1. The van der Waals surface area contributed by atoms with Crippen molar-refractivity contribution >= 4 is 11.9 Å². The number of rotatable bonds is 10. The van der Waals surface area contributed by atoms with Gasteiger partial charge in [-0.1, -0.05) is 44.9 Å². The molecule has 2 rings (SSSR count). The average Bonchev–Trinajstić information content (AvgIpc) is 2.82. The van der Waals surface area contributed by atoms with Crippen LogP contribution in [0, 0.1) is 5.82 Å². The van der Waals surface area contributed by atoms with Crippen LogP contribution in [0.1, 0.15) is 45.1 Å². The predicted octanol–water partition coefficient (Wildman–Crippen LogP) is 2.59. The molecule has 3 amide bonds. The SMILES string of the molecule is CCCC1(CCC)NC(=O)N(CC(O)COCc2ccccc2F)C1=O. The predicted molar refractivity (Wildman–Crippen MR) is 94.9 cm³/mol. The minimum atomic E-state index is -1.03. The zero-order valence-electron chi connectivity index (χ0n) is 15.3. The molecule has 0 aliphatic carbocycles. The van der Waals surface area contributed by atoms with E-state index in [0.717, 1.165) is 17.7 Å². The largest absolute Gasteiger partial charge is 0.389 e. The van der Waals surface area contributed by atoms with E-state index in [2.05, 4.69) is 5.32 Å². The Bertz CT molecular complexity index is 632. The number of hydrogen-bond acceptors (Lipinski definition) is 4. The Hall–Kier alpha value is -1.99. The van der Waals surface area contributed by atoms with E-state index in [4.69, 9.17) is 4.74 Å². The second-order valence-corrected chi connectivity index (χ2v) is 6.69. The van der Waals surface area contributed by atoms with Gasteiger partial charge in [0.1, 0.15) is 11.4 Å². The molecule has 1 unspecified atom stereocenters. The highest BCUT2D eigenvalue weighted by Gasteiger charge is 2.49. The fraction of sp³-hybridized carbons (Fsp3) is 0.579. The van der Waals surface area contributed by atoms with Crippen LogP contribution in [0.15, 0.2) is 24.3 Å². The van der Waals surface area contributed by atoms with Gasteiger partial charge in [-0.25, -0.2) is 9.18 Å². The summed E-state index contributed by atoms with van der Waals surface area (Å²) >= 11 is 0. The molecule has 7 heteroatoms. The number of urea groups is 1. The van der Waals surface area contributed by atoms with Crippen LogP contribution in [0.25, 0.3) is 0 Å². The number of imide groups is 1. The van der Waals surface area contributed by atoms with Crippen molar-refractivity contribution in [3.63, 3.8) is 0 Å². The van der Waals surface area contributed by atoms with Crippen molar-refractivity contribution in [1.29, 1.82) is 0 Å². The van der Waals surface area contributed by atoms with Gasteiger partial charge in [0.2, 0.25) is 0 Å². The number of nitrogens with one attached hydrogen (secondary N) is 1.